The van der Waals surface area contributed by atoms with Crippen molar-refractivity contribution in [2.75, 3.05) is 20.0 Å². The molecule has 0 amide bonds. The predicted octanol–water partition coefficient (Wildman–Crippen LogP) is 4.76. The average molecular weight is 509 g/mol. The van der Waals surface area contributed by atoms with Crippen molar-refractivity contribution in [2.24, 2.45) is 0 Å². The molecule has 0 heterocycles. The molecule has 0 saturated heterocycles. The number of para-hydroxylation sites is 1. The molecule has 10 heteroatoms. The Kier molecular flexibility index (Phi) is 7.86. The summed E-state index contributed by atoms with van der Waals surface area (Å²) in [6, 6.07) is 16.0. The number of hydrogen-bond acceptors (Lipinski definition) is 6. The number of benzene rings is 3. The highest BCUT2D eigenvalue weighted by Gasteiger charge is 2.28. The van der Waals surface area contributed by atoms with Gasteiger partial charge in [0.2, 0.25) is 10.0 Å². The number of anilines is 1. The van der Waals surface area contributed by atoms with Crippen molar-refractivity contribution in [2.45, 2.75) is 18.0 Å². The van der Waals surface area contributed by atoms with Crippen molar-refractivity contribution in [3.63, 3.8) is 0 Å². The van der Waals surface area contributed by atoms with E-state index in [1.807, 2.05) is 0 Å². The summed E-state index contributed by atoms with van der Waals surface area (Å²) in [4.78, 5) is 12.1. The van der Waals surface area contributed by atoms with Gasteiger partial charge in [-0.05, 0) is 47.5 Å². The lowest BCUT2D eigenvalue weighted by molar-refractivity contribution is 0.0602. The minimum Gasteiger partial charge on any atom is -0.495 e. The third kappa shape index (κ3) is 5.59. The predicted molar refractivity (Wildman–Crippen MR) is 128 cm³/mol. The Morgan fingerprint density at radius 1 is 0.939 bits per heavy atom. The van der Waals surface area contributed by atoms with E-state index in [4.69, 9.17) is 38.4 Å². The number of halogens is 2. The lowest BCUT2D eigenvalue weighted by Gasteiger charge is -2.24. The number of nitrogens with zero attached hydrogens (tertiary/aromatic N) is 1. The number of nitrogen functional groups attached to an aromatic ring is 1. The van der Waals surface area contributed by atoms with Crippen LogP contribution in [-0.2, 0) is 27.8 Å². The summed E-state index contributed by atoms with van der Waals surface area (Å²) >= 11 is 12.2. The summed E-state index contributed by atoms with van der Waals surface area (Å²) in [5, 5.41) is 0.671. The van der Waals surface area contributed by atoms with Crippen molar-refractivity contribution in [1.29, 1.82) is 0 Å². The first-order chi connectivity index (χ1) is 15.7. The quantitative estimate of drug-likeness (QED) is 0.347. The molecule has 33 heavy (non-hydrogen) atoms. The second kappa shape index (κ2) is 10.4. The molecule has 0 saturated carbocycles. The molecule has 0 aromatic heterocycles. The number of carbonyl (C=O) groups excluding carboxylic acids is 1. The second-order valence-electron chi connectivity index (χ2n) is 7.09. The van der Waals surface area contributed by atoms with Gasteiger partial charge in [-0.25, -0.2) is 13.2 Å². The number of rotatable bonds is 8. The SMILES string of the molecule is COC(=O)c1cc(CN(Cc2ccc(Cl)c(Cl)c2)S(=O)(=O)c2ccccc2OC)ccc1N. The first-order valence-electron chi connectivity index (χ1n) is 9.71. The number of nitrogens with two attached hydrogens (primary N) is 1. The molecule has 0 bridgehead atoms. The van der Waals surface area contributed by atoms with Gasteiger partial charge in [0.15, 0.2) is 0 Å². The molecule has 0 spiro atoms. The molecule has 0 fully saturated rings. The summed E-state index contributed by atoms with van der Waals surface area (Å²) in [5.41, 5.74) is 7.45. The monoisotopic (exact) mass is 508 g/mol. The fourth-order valence-corrected chi connectivity index (χ4v) is 5.12. The molecule has 174 valence electrons. The van der Waals surface area contributed by atoms with Gasteiger partial charge in [-0.15, -0.1) is 0 Å². The minimum atomic E-state index is -4.03. The summed E-state index contributed by atoms with van der Waals surface area (Å²) < 4.78 is 38.7. The highest BCUT2D eigenvalue weighted by Crippen LogP contribution is 2.30. The Labute approximate surface area is 202 Å². The van der Waals surface area contributed by atoms with E-state index in [0.717, 1.165) is 0 Å². The molecule has 0 atom stereocenters. The van der Waals surface area contributed by atoms with Crippen molar-refractivity contribution >= 4 is 44.9 Å². The lowest BCUT2D eigenvalue weighted by Crippen LogP contribution is -2.30. The van der Waals surface area contributed by atoms with Gasteiger partial charge >= 0.3 is 5.97 Å². The van der Waals surface area contributed by atoms with Gasteiger partial charge in [-0.2, -0.15) is 4.31 Å². The zero-order valence-corrected chi connectivity index (χ0v) is 20.2. The number of esters is 1. The number of carbonyl (C=O) groups is 1. The third-order valence-corrected chi connectivity index (χ3v) is 7.48. The lowest BCUT2D eigenvalue weighted by atomic mass is 10.1. The topological polar surface area (TPSA) is 98.9 Å². The van der Waals surface area contributed by atoms with Gasteiger partial charge in [-0.1, -0.05) is 47.5 Å². The van der Waals surface area contributed by atoms with Crippen LogP contribution in [0.2, 0.25) is 10.0 Å². The molecular weight excluding hydrogens is 487 g/mol. The van der Waals surface area contributed by atoms with Crippen LogP contribution in [0.5, 0.6) is 5.75 Å². The molecule has 2 N–H and O–H groups in total. The van der Waals surface area contributed by atoms with Crippen LogP contribution >= 0.6 is 23.2 Å². The van der Waals surface area contributed by atoms with Crippen LogP contribution in [0.15, 0.2) is 65.6 Å². The smallest absolute Gasteiger partial charge is 0.339 e. The maximum atomic E-state index is 13.7. The highest BCUT2D eigenvalue weighted by molar-refractivity contribution is 7.89. The standard InChI is InChI=1S/C23H22Cl2N2O5S/c1-31-21-5-3-4-6-22(21)33(29,30)27(14-16-7-9-18(24)19(25)12-16)13-15-8-10-20(26)17(11-15)23(28)32-2/h3-12H,13-14,26H2,1-2H3. The molecule has 0 aliphatic rings. The van der Waals surface area contributed by atoms with E-state index < -0.39 is 16.0 Å². The number of ether oxygens (including phenoxy) is 2. The highest BCUT2D eigenvalue weighted by atomic mass is 35.5. The Balaban J connectivity index is 2.07. The molecule has 3 rings (SSSR count). The summed E-state index contributed by atoms with van der Waals surface area (Å²) in [6.45, 7) is -0.0554. The Bertz CT molecular complexity index is 1280. The van der Waals surface area contributed by atoms with Crippen molar-refractivity contribution in [3.8, 4) is 5.75 Å². The van der Waals surface area contributed by atoms with Crippen molar-refractivity contribution in [3.05, 3.63) is 87.4 Å². The Morgan fingerprint density at radius 2 is 1.58 bits per heavy atom. The summed E-state index contributed by atoms with van der Waals surface area (Å²) in [6.07, 6.45) is 0. The average Bonchev–Trinajstić information content (AvgIpc) is 2.81. The first-order valence-corrected chi connectivity index (χ1v) is 11.9. The largest absolute Gasteiger partial charge is 0.495 e. The molecule has 3 aromatic rings. The van der Waals surface area contributed by atoms with E-state index in [1.165, 1.54) is 36.7 Å². The fraction of sp³-hybridized carbons (Fsp3) is 0.174. The van der Waals surface area contributed by atoms with Gasteiger partial charge in [0.1, 0.15) is 10.6 Å². The second-order valence-corrected chi connectivity index (χ2v) is 9.81. The maximum absolute atomic E-state index is 13.7. The maximum Gasteiger partial charge on any atom is 0.339 e. The molecule has 7 nitrogen and oxygen atoms in total. The van der Waals surface area contributed by atoms with Gasteiger partial charge in [-0.3, -0.25) is 0 Å². The van der Waals surface area contributed by atoms with Gasteiger partial charge in [0.25, 0.3) is 0 Å². The third-order valence-electron chi connectivity index (χ3n) is 4.91. The summed E-state index contributed by atoms with van der Waals surface area (Å²) in [5.74, 6) is -0.401. The summed E-state index contributed by atoms with van der Waals surface area (Å²) in [7, 11) is -1.38. The first kappa shape index (κ1) is 24.9. The van der Waals surface area contributed by atoms with Crippen LogP contribution in [0.3, 0.4) is 0 Å². The fourth-order valence-electron chi connectivity index (χ4n) is 3.23. The van der Waals surface area contributed by atoms with Crippen LogP contribution in [0.25, 0.3) is 0 Å². The van der Waals surface area contributed by atoms with E-state index >= 15 is 0 Å². The van der Waals surface area contributed by atoms with E-state index in [-0.39, 0.29) is 35.0 Å². The zero-order valence-electron chi connectivity index (χ0n) is 17.9. The van der Waals surface area contributed by atoms with E-state index in [2.05, 4.69) is 0 Å². The Hall–Kier alpha value is -2.78. The van der Waals surface area contributed by atoms with E-state index in [1.54, 1.807) is 42.5 Å². The van der Waals surface area contributed by atoms with Gasteiger partial charge in [0.05, 0.1) is 29.8 Å². The number of hydrogen-bond donors (Lipinski definition) is 1. The Morgan fingerprint density at radius 3 is 2.21 bits per heavy atom. The van der Waals surface area contributed by atoms with Crippen LogP contribution in [0.4, 0.5) is 5.69 Å². The molecule has 0 unspecified atom stereocenters. The van der Waals surface area contributed by atoms with Gasteiger partial charge < -0.3 is 15.2 Å². The zero-order chi connectivity index (χ0) is 24.2. The van der Waals surface area contributed by atoms with Crippen molar-refractivity contribution in [1.82, 2.24) is 4.31 Å². The normalized spacial score (nSPS) is 11.4. The molecule has 0 aliphatic carbocycles. The molecule has 0 aliphatic heterocycles. The van der Waals surface area contributed by atoms with Crippen LogP contribution in [0.1, 0.15) is 21.5 Å². The van der Waals surface area contributed by atoms with E-state index in [0.29, 0.717) is 21.2 Å². The molecule has 0 radical (unpaired) electrons. The van der Waals surface area contributed by atoms with Crippen LogP contribution in [0, 0.1) is 0 Å². The molecular formula is C23H22Cl2N2O5S. The minimum absolute atomic E-state index is 0.00476. The van der Waals surface area contributed by atoms with Crippen LogP contribution < -0.4 is 10.5 Å². The number of methoxy groups -OCH3 is 2. The van der Waals surface area contributed by atoms with Crippen molar-refractivity contribution < 1.29 is 22.7 Å². The number of sulfonamides is 1. The van der Waals surface area contributed by atoms with E-state index in [9.17, 15) is 13.2 Å². The van der Waals surface area contributed by atoms with Gasteiger partial charge in [0, 0.05) is 18.8 Å². The van der Waals surface area contributed by atoms with Crippen LogP contribution in [-0.4, -0.2) is 32.9 Å². The molecule has 3 aromatic carbocycles.